The minimum absolute atomic E-state index is 0.211. The van der Waals surface area contributed by atoms with Gasteiger partial charge in [0.05, 0.1) is 6.10 Å². The molecular weight excluding hydrogens is 527 g/mol. The molecule has 3 fully saturated rings. The van der Waals surface area contributed by atoms with Gasteiger partial charge < -0.3 is 14.0 Å². The summed E-state index contributed by atoms with van der Waals surface area (Å²) in [6, 6.07) is 9.73. The summed E-state index contributed by atoms with van der Waals surface area (Å²) in [5.74, 6) is 1.15. The quantitative estimate of drug-likeness (QED) is 0.219. The highest BCUT2D eigenvalue weighted by atomic mass is 31.2. The Morgan fingerprint density at radius 1 is 0.750 bits per heavy atom. The summed E-state index contributed by atoms with van der Waals surface area (Å²) in [6.07, 6.45) is 2.71. The second-order valence-corrected chi connectivity index (χ2v) is 14.1. The highest BCUT2D eigenvalue weighted by Gasteiger charge is 2.51. The van der Waals surface area contributed by atoms with Gasteiger partial charge in [-0.05, 0) is 73.7 Å². The SMILES string of the molecule is CC(C)[C@@H]1CC[C@@H](C)C[C@H]1OC(=O)[C@H]1OP(O[C@H](C)c2ccccc2)O[C@@H]1C(=O)O[C@@H]1C[C@H](C)CC[C@H]1C(C)C. The minimum Gasteiger partial charge on any atom is -0.460 e. The topological polar surface area (TPSA) is 80.3 Å². The molecule has 0 spiro atoms. The molecule has 8 heteroatoms. The Bertz CT molecular complexity index is 915. The van der Waals surface area contributed by atoms with Crippen LogP contribution in [0, 0.1) is 35.5 Å². The predicted molar refractivity (Wildman–Crippen MR) is 155 cm³/mol. The fraction of sp³-hybridized carbons (Fsp3) is 0.750. The Morgan fingerprint density at radius 3 is 1.62 bits per heavy atom. The molecule has 1 aliphatic heterocycles. The van der Waals surface area contributed by atoms with Gasteiger partial charge in [-0.2, -0.15) is 0 Å². The van der Waals surface area contributed by atoms with Gasteiger partial charge in [-0.3, -0.25) is 9.05 Å². The predicted octanol–water partition coefficient (Wildman–Crippen LogP) is 7.78. The van der Waals surface area contributed by atoms with Crippen molar-refractivity contribution >= 4 is 20.5 Å². The van der Waals surface area contributed by atoms with E-state index in [9.17, 15) is 9.59 Å². The first-order chi connectivity index (χ1) is 19.0. The number of esters is 2. The standard InChI is InChI=1S/C32H49O7P/c1-19(2)25-15-13-21(5)17-27(25)35-31(33)29-30(32(34)36-28-18-22(6)14-16-26(28)20(3)4)39-40(38-29)37-23(7)24-11-9-8-10-12-24/h8-12,19-23,25-30H,13-18H2,1-7H3/t21-,22-,23-,25+,26+,27-,28-,29+,30+/m1/s1. The lowest BCUT2D eigenvalue weighted by molar-refractivity contribution is -0.176. The van der Waals surface area contributed by atoms with Crippen LogP contribution < -0.4 is 0 Å². The molecule has 1 saturated heterocycles. The zero-order chi connectivity index (χ0) is 29.0. The van der Waals surface area contributed by atoms with Gasteiger partial charge in [-0.15, -0.1) is 0 Å². The van der Waals surface area contributed by atoms with E-state index >= 15 is 0 Å². The lowest BCUT2D eigenvalue weighted by Gasteiger charge is -2.37. The number of benzene rings is 1. The third-order valence-electron chi connectivity index (χ3n) is 9.11. The molecule has 0 radical (unpaired) electrons. The van der Waals surface area contributed by atoms with Crippen molar-refractivity contribution in [1.29, 1.82) is 0 Å². The van der Waals surface area contributed by atoms with Gasteiger partial charge in [-0.25, -0.2) is 9.59 Å². The second kappa shape index (κ2) is 14.1. The van der Waals surface area contributed by atoms with E-state index < -0.39 is 32.7 Å². The molecule has 9 atom stereocenters. The number of carbonyl (C=O) groups excluding carboxylic acids is 2. The Kier molecular flexibility index (Phi) is 11.1. The molecule has 0 amide bonds. The van der Waals surface area contributed by atoms with Crippen molar-refractivity contribution in [3.8, 4) is 0 Å². The highest BCUT2D eigenvalue weighted by molar-refractivity contribution is 7.42. The summed E-state index contributed by atoms with van der Waals surface area (Å²) in [6.45, 7) is 15.0. The van der Waals surface area contributed by atoms with Crippen LogP contribution in [-0.2, 0) is 32.6 Å². The average molecular weight is 577 g/mol. The Morgan fingerprint density at radius 2 is 1.20 bits per heavy atom. The van der Waals surface area contributed by atoms with Crippen molar-refractivity contribution in [2.24, 2.45) is 35.5 Å². The van der Waals surface area contributed by atoms with E-state index in [0.29, 0.717) is 23.7 Å². The van der Waals surface area contributed by atoms with Gasteiger partial charge in [0.25, 0.3) is 0 Å². The molecule has 1 aromatic rings. The number of hydrogen-bond acceptors (Lipinski definition) is 7. The van der Waals surface area contributed by atoms with Gasteiger partial charge in [0, 0.05) is 0 Å². The molecule has 3 aliphatic rings. The number of carbonyl (C=O) groups is 2. The molecule has 1 aromatic carbocycles. The fourth-order valence-corrected chi connectivity index (χ4v) is 7.84. The molecule has 224 valence electrons. The van der Waals surface area contributed by atoms with E-state index in [1.165, 1.54) is 0 Å². The smallest absolute Gasteiger partial charge is 0.339 e. The monoisotopic (exact) mass is 576 g/mol. The number of ether oxygens (including phenoxy) is 2. The van der Waals surface area contributed by atoms with Crippen molar-refractivity contribution in [2.75, 3.05) is 0 Å². The molecule has 2 aliphatic carbocycles. The Hall–Kier alpha value is -1.53. The van der Waals surface area contributed by atoms with Crippen LogP contribution in [0.1, 0.15) is 98.7 Å². The van der Waals surface area contributed by atoms with Crippen molar-refractivity contribution in [1.82, 2.24) is 0 Å². The molecule has 4 rings (SSSR count). The van der Waals surface area contributed by atoms with Gasteiger partial charge in [0.15, 0.2) is 0 Å². The average Bonchev–Trinajstić information content (AvgIpc) is 3.33. The molecule has 40 heavy (non-hydrogen) atoms. The van der Waals surface area contributed by atoms with Gasteiger partial charge in [0.1, 0.15) is 12.2 Å². The summed E-state index contributed by atoms with van der Waals surface area (Å²) in [7, 11) is -1.96. The molecule has 0 N–H and O–H groups in total. The zero-order valence-electron chi connectivity index (χ0n) is 25.3. The Labute approximate surface area is 242 Å². The van der Waals surface area contributed by atoms with Crippen molar-refractivity contribution in [2.45, 2.75) is 118 Å². The van der Waals surface area contributed by atoms with E-state index in [-0.39, 0.29) is 30.1 Å². The summed E-state index contributed by atoms with van der Waals surface area (Å²) < 4.78 is 30.4. The van der Waals surface area contributed by atoms with E-state index in [4.69, 9.17) is 23.0 Å². The molecule has 7 nitrogen and oxygen atoms in total. The van der Waals surface area contributed by atoms with Crippen LogP contribution in [0.3, 0.4) is 0 Å². The van der Waals surface area contributed by atoms with Gasteiger partial charge in [-0.1, -0.05) is 84.7 Å². The number of rotatable bonds is 9. The Balaban J connectivity index is 1.50. The third kappa shape index (κ3) is 7.85. The summed E-state index contributed by atoms with van der Waals surface area (Å²) in [4.78, 5) is 27.3. The molecule has 0 unspecified atom stereocenters. The van der Waals surface area contributed by atoms with Crippen molar-refractivity contribution in [3.05, 3.63) is 35.9 Å². The van der Waals surface area contributed by atoms with E-state index in [0.717, 1.165) is 44.1 Å². The van der Waals surface area contributed by atoms with Crippen LogP contribution in [0.15, 0.2) is 30.3 Å². The van der Waals surface area contributed by atoms with Crippen molar-refractivity contribution in [3.63, 3.8) is 0 Å². The molecule has 2 saturated carbocycles. The second-order valence-electron chi connectivity index (χ2n) is 13.0. The van der Waals surface area contributed by atoms with E-state index in [1.807, 2.05) is 37.3 Å². The largest absolute Gasteiger partial charge is 0.460 e. The van der Waals surface area contributed by atoms with Gasteiger partial charge in [0.2, 0.25) is 12.2 Å². The zero-order valence-corrected chi connectivity index (χ0v) is 26.2. The third-order valence-corrected chi connectivity index (χ3v) is 10.4. The van der Waals surface area contributed by atoms with Crippen LogP contribution in [0.25, 0.3) is 0 Å². The van der Waals surface area contributed by atoms with Crippen LogP contribution in [0.2, 0.25) is 0 Å². The first kappa shape index (κ1) is 31.4. The molecule has 1 heterocycles. The summed E-state index contributed by atoms with van der Waals surface area (Å²) in [5.41, 5.74) is 0.953. The molecule has 0 bridgehead atoms. The van der Waals surface area contributed by atoms with Gasteiger partial charge >= 0.3 is 20.5 Å². The maximum absolute atomic E-state index is 13.6. The number of hydrogen-bond donors (Lipinski definition) is 0. The summed E-state index contributed by atoms with van der Waals surface area (Å²) >= 11 is 0. The minimum atomic E-state index is -1.96. The lowest BCUT2D eigenvalue weighted by atomic mass is 9.75. The van der Waals surface area contributed by atoms with Crippen LogP contribution in [0.4, 0.5) is 0 Å². The normalized spacial score (nSPS) is 34.1. The van der Waals surface area contributed by atoms with Crippen molar-refractivity contribution < 1.29 is 32.6 Å². The lowest BCUT2D eigenvalue weighted by Crippen LogP contribution is -2.45. The van der Waals surface area contributed by atoms with E-state index in [1.54, 1.807) is 0 Å². The first-order valence-electron chi connectivity index (χ1n) is 15.3. The highest BCUT2D eigenvalue weighted by Crippen LogP contribution is 2.53. The van der Waals surface area contributed by atoms with E-state index in [2.05, 4.69) is 41.5 Å². The summed E-state index contributed by atoms with van der Waals surface area (Å²) in [5, 5.41) is 0. The molecular formula is C32H49O7P. The molecule has 0 aromatic heterocycles. The van der Waals surface area contributed by atoms with Crippen LogP contribution in [-0.4, -0.2) is 36.4 Å². The first-order valence-corrected chi connectivity index (χ1v) is 16.4. The van der Waals surface area contributed by atoms with Crippen LogP contribution >= 0.6 is 8.60 Å². The maximum atomic E-state index is 13.6. The fourth-order valence-electron chi connectivity index (χ4n) is 6.55. The maximum Gasteiger partial charge on any atom is 0.339 e. The van der Waals surface area contributed by atoms with Crippen LogP contribution in [0.5, 0.6) is 0 Å².